The average Bonchev–Trinajstić information content (AvgIpc) is 2.74. The van der Waals surface area contributed by atoms with Gasteiger partial charge in [-0.3, -0.25) is 4.90 Å². The van der Waals surface area contributed by atoms with Crippen LogP contribution < -0.4 is 5.32 Å². The SMILES string of the molecule is CN1CCN(CC(O)C2CCCN2)CC1. The molecule has 0 amide bonds. The molecule has 2 aliphatic rings. The van der Waals surface area contributed by atoms with Gasteiger partial charge in [-0.25, -0.2) is 0 Å². The number of hydrogen-bond donors (Lipinski definition) is 2. The molecule has 0 radical (unpaired) electrons. The Kier molecular flexibility index (Phi) is 3.97. The Morgan fingerprint density at radius 3 is 2.67 bits per heavy atom. The van der Waals surface area contributed by atoms with Gasteiger partial charge in [-0.1, -0.05) is 0 Å². The van der Waals surface area contributed by atoms with Crippen LogP contribution >= 0.6 is 0 Å². The van der Waals surface area contributed by atoms with Gasteiger partial charge in [0.2, 0.25) is 0 Å². The van der Waals surface area contributed by atoms with Crippen molar-refractivity contribution in [1.82, 2.24) is 15.1 Å². The Labute approximate surface area is 92.2 Å². The van der Waals surface area contributed by atoms with Crippen LogP contribution in [0.4, 0.5) is 0 Å². The molecule has 0 bridgehead atoms. The van der Waals surface area contributed by atoms with Crippen molar-refractivity contribution < 1.29 is 5.11 Å². The molecule has 2 atom stereocenters. The molecule has 2 unspecified atom stereocenters. The number of likely N-dealkylation sites (N-methyl/N-ethyl adjacent to an activating group) is 1. The van der Waals surface area contributed by atoms with Gasteiger partial charge in [-0.05, 0) is 26.4 Å². The summed E-state index contributed by atoms with van der Waals surface area (Å²) < 4.78 is 0. The molecule has 2 saturated heterocycles. The van der Waals surface area contributed by atoms with E-state index in [1.165, 1.54) is 6.42 Å². The Balaban J connectivity index is 1.71. The van der Waals surface area contributed by atoms with Crippen molar-refractivity contribution in [2.75, 3.05) is 46.3 Å². The molecule has 0 spiro atoms. The fraction of sp³-hybridized carbons (Fsp3) is 1.00. The highest BCUT2D eigenvalue weighted by Crippen LogP contribution is 2.11. The van der Waals surface area contributed by atoms with Crippen molar-refractivity contribution in [3.05, 3.63) is 0 Å². The van der Waals surface area contributed by atoms with Crippen molar-refractivity contribution in [2.24, 2.45) is 0 Å². The predicted molar refractivity (Wildman–Crippen MR) is 61.0 cm³/mol. The lowest BCUT2D eigenvalue weighted by molar-refractivity contribution is 0.0618. The van der Waals surface area contributed by atoms with E-state index in [9.17, 15) is 5.11 Å². The zero-order chi connectivity index (χ0) is 10.7. The molecule has 0 aromatic carbocycles. The summed E-state index contributed by atoms with van der Waals surface area (Å²) >= 11 is 0. The number of piperazine rings is 1. The second-order valence-electron chi connectivity index (χ2n) is 4.87. The highest BCUT2D eigenvalue weighted by atomic mass is 16.3. The monoisotopic (exact) mass is 213 g/mol. The topological polar surface area (TPSA) is 38.7 Å². The lowest BCUT2D eigenvalue weighted by Crippen LogP contribution is -2.50. The Bertz CT molecular complexity index is 186. The molecule has 0 saturated carbocycles. The van der Waals surface area contributed by atoms with Crippen LogP contribution in [0, 0.1) is 0 Å². The summed E-state index contributed by atoms with van der Waals surface area (Å²) in [5, 5.41) is 13.4. The lowest BCUT2D eigenvalue weighted by Gasteiger charge is -2.34. The van der Waals surface area contributed by atoms with Crippen LogP contribution in [0.15, 0.2) is 0 Å². The van der Waals surface area contributed by atoms with Gasteiger partial charge in [0.1, 0.15) is 0 Å². The van der Waals surface area contributed by atoms with Crippen LogP contribution in [0.1, 0.15) is 12.8 Å². The van der Waals surface area contributed by atoms with Gasteiger partial charge in [0.25, 0.3) is 0 Å². The van der Waals surface area contributed by atoms with Crippen LogP contribution in [-0.4, -0.2) is 73.4 Å². The highest BCUT2D eigenvalue weighted by Gasteiger charge is 2.25. The minimum absolute atomic E-state index is 0.184. The fourth-order valence-corrected chi connectivity index (χ4v) is 2.46. The maximum Gasteiger partial charge on any atom is 0.0819 e. The van der Waals surface area contributed by atoms with Gasteiger partial charge in [-0.15, -0.1) is 0 Å². The minimum atomic E-state index is -0.184. The van der Waals surface area contributed by atoms with Crippen LogP contribution in [0.3, 0.4) is 0 Å². The van der Waals surface area contributed by atoms with Gasteiger partial charge >= 0.3 is 0 Å². The maximum atomic E-state index is 10.0. The van der Waals surface area contributed by atoms with Crippen molar-refractivity contribution in [3.63, 3.8) is 0 Å². The first-order chi connectivity index (χ1) is 7.25. The van der Waals surface area contributed by atoms with Crippen molar-refractivity contribution in [2.45, 2.75) is 25.0 Å². The van der Waals surface area contributed by atoms with E-state index in [1.807, 2.05) is 0 Å². The molecule has 88 valence electrons. The number of hydrogen-bond acceptors (Lipinski definition) is 4. The molecule has 15 heavy (non-hydrogen) atoms. The smallest absolute Gasteiger partial charge is 0.0819 e. The summed E-state index contributed by atoms with van der Waals surface area (Å²) in [6.07, 6.45) is 2.16. The molecule has 0 aromatic heterocycles. The second kappa shape index (κ2) is 5.25. The van der Waals surface area contributed by atoms with Crippen molar-refractivity contribution >= 4 is 0 Å². The van der Waals surface area contributed by atoms with Gasteiger partial charge in [0, 0.05) is 38.8 Å². The summed E-state index contributed by atoms with van der Waals surface area (Å²) in [6.45, 7) is 6.37. The first-order valence-corrected chi connectivity index (χ1v) is 6.08. The minimum Gasteiger partial charge on any atom is -0.390 e. The third-order valence-electron chi connectivity index (χ3n) is 3.60. The maximum absolute atomic E-state index is 10.0. The number of β-amino-alcohol motifs (C(OH)–C–C–N with tert-alkyl or cyclic N) is 1. The Hall–Kier alpha value is -0.160. The Morgan fingerprint density at radius 1 is 1.33 bits per heavy atom. The van der Waals surface area contributed by atoms with Gasteiger partial charge in [0.15, 0.2) is 0 Å². The van der Waals surface area contributed by atoms with Crippen LogP contribution in [0.5, 0.6) is 0 Å². The zero-order valence-electron chi connectivity index (χ0n) is 9.65. The van der Waals surface area contributed by atoms with Crippen molar-refractivity contribution in [3.8, 4) is 0 Å². The summed E-state index contributed by atoms with van der Waals surface area (Å²) in [4.78, 5) is 4.72. The van der Waals surface area contributed by atoms with Crippen LogP contribution in [0.2, 0.25) is 0 Å². The quantitative estimate of drug-likeness (QED) is 0.653. The van der Waals surface area contributed by atoms with Gasteiger partial charge < -0.3 is 15.3 Å². The summed E-state index contributed by atoms with van der Waals surface area (Å²) in [5.74, 6) is 0. The summed E-state index contributed by atoms with van der Waals surface area (Å²) in [6, 6.07) is 0.338. The first-order valence-electron chi connectivity index (χ1n) is 6.08. The average molecular weight is 213 g/mol. The van der Waals surface area contributed by atoms with E-state index in [-0.39, 0.29) is 6.10 Å². The first kappa shape index (κ1) is 11.3. The molecule has 2 heterocycles. The number of rotatable bonds is 3. The van der Waals surface area contributed by atoms with Crippen molar-refractivity contribution in [1.29, 1.82) is 0 Å². The normalized spacial score (nSPS) is 32.0. The molecule has 2 rings (SSSR count). The van der Waals surface area contributed by atoms with E-state index in [0.29, 0.717) is 6.04 Å². The number of aliphatic hydroxyl groups is 1. The molecular formula is C11H23N3O. The van der Waals surface area contributed by atoms with Crippen LogP contribution in [-0.2, 0) is 0 Å². The lowest BCUT2D eigenvalue weighted by atomic mass is 10.1. The highest BCUT2D eigenvalue weighted by molar-refractivity contribution is 4.84. The summed E-state index contributed by atoms with van der Waals surface area (Å²) in [5.41, 5.74) is 0. The molecule has 0 aliphatic carbocycles. The predicted octanol–water partition coefficient (Wildman–Crippen LogP) is -0.653. The second-order valence-corrected chi connectivity index (χ2v) is 4.87. The largest absolute Gasteiger partial charge is 0.390 e. The molecule has 0 aromatic rings. The third kappa shape index (κ3) is 3.14. The van der Waals surface area contributed by atoms with E-state index in [4.69, 9.17) is 0 Å². The standard InChI is InChI=1S/C11H23N3O/c1-13-5-7-14(8-6-13)9-11(15)10-3-2-4-12-10/h10-12,15H,2-9H2,1H3. The molecule has 4 heteroatoms. The third-order valence-corrected chi connectivity index (χ3v) is 3.60. The van der Waals surface area contributed by atoms with E-state index in [2.05, 4.69) is 22.2 Å². The van der Waals surface area contributed by atoms with E-state index >= 15 is 0 Å². The van der Waals surface area contributed by atoms with E-state index < -0.39 is 0 Å². The summed E-state index contributed by atoms with van der Waals surface area (Å²) in [7, 11) is 2.16. The molecule has 2 aliphatic heterocycles. The molecular weight excluding hydrogens is 190 g/mol. The number of nitrogens with one attached hydrogen (secondary N) is 1. The molecule has 2 N–H and O–H groups in total. The molecule has 4 nitrogen and oxygen atoms in total. The van der Waals surface area contributed by atoms with Gasteiger partial charge in [0.05, 0.1) is 6.10 Å². The molecule has 2 fully saturated rings. The van der Waals surface area contributed by atoms with E-state index in [1.54, 1.807) is 0 Å². The van der Waals surface area contributed by atoms with Crippen LogP contribution in [0.25, 0.3) is 0 Å². The van der Waals surface area contributed by atoms with E-state index in [0.717, 1.165) is 45.7 Å². The Morgan fingerprint density at radius 2 is 2.07 bits per heavy atom. The fourth-order valence-electron chi connectivity index (χ4n) is 2.46. The zero-order valence-corrected chi connectivity index (χ0v) is 9.65. The number of nitrogens with zero attached hydrogens (tertiary/aromatic N) is 2. The number of aliphatic hydroxyl groups excluding tert-OH is 1. The van der Waals surface area contributed by atoms with Gasteiger partial charge in [-0.2, -0.15) is 0 Å².